The lowest BCUT2D eigenvalue weighted by atomic mass is 9.71. The molecular weight excluding hydrogens is 214 g/mol. The van der Waals surface area contributed by atoms with E-state index in [0.29, 0.717) is 0 Å². The fraction of sp³-hybridized carbons (Fsp3) is 0.571. The first-order chi connectivity index (χ1) is 8.09. The molecule has 0 amide bonds. The van der Waals surface area contributed by atoms with Crippen molar-refractivity contribution in [1.29, 1.82) is 0 Å². The molecule has 0 radical (unpaired) electrons. The molecule has 1 saturated heterocycles. The lowest BCUT2D eigenvalue weighted by Crippen LogP contribution is -2.52. The molecule has 1 aliphatic rings. The number of methoxy groups -OCH3 is 1. The summed E-state index contributed by atoms with van der Waals surface area (Å²) in [6, 6.07) is 7.76. The van der Waals surface area contributed by atoms with Crippen LogP contribution in [0.25, 0.3) is 0 Å². The number of benzene rings is 1. The highest BCUT2D eigenvalue weighted by atomic mass is 16.5. The molecular formula is C14H21NO2. The molecule has 2 unspecified atom stereocenters. The van der Waals surface area contributed by atoms with Crippen molar-refractivity contribution in [2.75, 3.05) is 20.2 Å². The van der Waals surface area contributed by atoms with Crippen LogP contribution in [0.15, 0.2) is 24.3 Å². The lowest BCUT2D eigenvalue weighted by Gasteiger charge is -2.44. The summed E-state index contributed by atoms with van der Waals surface area (Å²) in [5.74, 6) is 1.24. The topological polar surface area (TPSA) is 41.5 Å². The lowest BCUT2D eigenvalue weighted by molar-refractivity contribution is -0.0807. The van der Waals surface area contributed by atoms with E-state index in [1.165, 1.54) is 0 Å². The van der Waals surface area contributed by atoms with Crippen LogP contribution >= 0.6 is 0 Å². The molecule has 0 aromatic heterocycles. The van der Waals surface area contributed by atoms with Crippen molar-refractivity contribution in [3.63, 3.8) is 0 Å². The molecule has 1 heterocycles. The van der Waals surface area contributed by atoms with Crippen LogP contribution in [0.5, 0.6) is 5.75 Å². The molecule has 2 N–H and O–H groups in total. The van der Waals surface area contributed by atoms with E-state index in [9.17, 15) is 5.11 Å². The second kappa shape index (κ2) is 4.67. The summed E-state index contributed by atoms with van der Waals surface area (Å²) in [7, 11) is 1.65. The van der Waals surface area contributed by atoms with Crippen LogP contribution in [0, 0.1) is 11.8 Å². The van der Waals surface area contributed by atoms with Crippen molar-refractivity contribution in [3.05, 3.63) is 29.8 Å². The fourth-order valence-corrected chi connectivity index (χ4v) is 2.74. The first-order valence-electron chi connectivity index (χ1n) is 6.16. The van der Waals surface area contributed by atoms with Gasteiger partial charge in [0.1, 0.15) is 5.75 Å². The van der Waals surface area contributed by atoms with E-state index < -0.39 is 5.60 Å². The molecule has 2 atom stereocenters. The molecule has 3 heteroatoms. The molecule has 0 aliphatic carbocycles. The smallest absolute Gasteiger partial charge is 0.118 e. The minimum atomic E-state index is -0.739. The Morgan fingerprint density at radius 1 is 1.18 bits per heavy atom. The van der Waals surface area contributed by atoms with Gasteiger partial charge in [0.2, 0.25) is 0 Å². The number of nitrogens with one attached hydrogen (secondary N) is 1. The Hall–Kier alpha value is -1.06. The van der Waals surface area contributed by atoms with Crippen molar-refractivity contribution in [1.82, 2.24) is 5.32 Å². The van der Waals surface area contributed by atoms with Gasteiger partial charge in [-0.25, -0.2) is 0 Å². The number of rotatable bonds is 2. The zero-order valence-electron chi connectivity index (χ0n) is 10.7. The largest absolute Gasteiger partial charge is 0.497 e. The van der Waals surface area contributed by atoms with Gasteiger partial charge in [0.15, 0.2) is 0 Å². The van der Waals surface area contributed by atoms with Crippen molar-refractivity contribution in [2.24, 2.45) is 11.8 Å². The Morgan fingerprint density at radius 3 is 2.18 bits per heavy atom. The number of ether oxygens (including phenoxy) is 1. The van der Waals surface area contributed by atoms with Gasteiger partial charge in [0.25, 0.3) is 0 Å². The molecule has 0 spiro atoms. The van der Waals surface area contributed by atoms with Gasteiger partial charge in [-0.05, 0) is 17.7 Å². The van der Waals surface area contributed by atoms with Crippen LogP contribution in [0.2, 0.25) is 0 Å². The SMILES string of the molecule is COc1ccc(C2(O)C(C)CNCC2C)cc1. The van der Waals surface area contributed by atoms with Crippen molar-refractivity contribution >= 4 is 0 Å². The maximum atomic E-state index is 11.0. The predicted molar refractivity (Wildman–Crippen MR) is 68.1 cm³/mol. The maximum Gasteiger partial charge on any atom is 0.118 e. The van der Waals surface area contributed by atoms with Gasteiger partial charge in [-0.1, -0.05) is 26.0 Å². The van der Waals surface area contributed by atoms with E-state index >= 15 is 0 Å². The Balaban J connectivity index is 2.34. The normalized spacial score (nSPS) is 33.4. The third-order valence-corrected chi connectivity index (χ3v) is 3.96. The standard InChI is InChI=1S/C14H21NO2/c1-10-8-15-9-11(2)14(10,16)12-4-6-13(17-3)7-5-12/h4-7,10-11,15-16H,8-9H2,1-3H3. The molecule has 0 bridgehead atoms. The number of hydrogen-bond donors (Lipinski definition) is 2. The van der Waals surface area contributed by atoms with Crippen molar-refractivity contribution in [3.8, 4) is 5.75 Å². The quantitative estimate of drug-likeness (QED) is 0.820. The van der Waals surface area contributed by atoms with E-state index in [4.69, 9.17) is 4.74 Å². The summed E-state index contributed by atoms with van der Waals surface area (Å²) in [4.78, 5) is 0. The van der Waals surface area contributed by atoms with Gasteiger partial charge in [0.05, 0.1) is 12.7 Å². The molecule has 94 valence electrons. The average Bonchev–Trinajstić information content (AvgIpc) is 2.36. The average molecular weight is 235 g/mol. The van der Waals surface area contributed by atoms with E-state index in [1.54, 1.807) is 7.11 Å². The number of aliphatic hydroxyl groups is 1. The fourth-order valence-electron chi connectivity index (χ4n) is 2.74. The highest BCUT2D eigenvalue weighted by Crippen LogP contribution is 2.39. The number of piperidine rings is 1. The molecule has 1 aromatic rings. The summed E-state index contributed by atoms with van der Waals surface area (Å²) >= 11 is 0. The zero-order valence-corrected chi connectivity index (χ0v) is 10.7. The Bertz CT molecular complexity index is 364. The van der Waals surface area contributed by atoms with Crippen LogP contribution < -0.4 is 10.1 Å². The van der Waals surface area contributed by atoms with E-state index in [2.05, 4.69) is 19.2 Å². The monoisotopic (exact) mass is 235 g/mol. The molecule has 1 fully saturated rings. The second-order valence-corrected chi connectivity index (χ2v) is 5.01. The summed E-state index contributed by atoms with van der Waals surface area (Å²) in [6.07, 6.45) is 0. The van der Waals surface area contributed by atoms with Crippen LogP contribution in [0.4, 0.5) is 0 Å². The first kappa shape index (κ1) is 12.4. The Morgan fingerprint density at radius 2 is 1.71 bits per heavy atom. The highest BCUT2D eigenvalue weighted by Gasteiger charge is 2.43. The maximum absolute atomic E-state index is 11.0. The molecule has 2 rings (SSSR count). The zero-order chi connectivity index (χ0) is 12.5. The van der Waals surface area contributed by atoms with Crippen LogP contribution in [-0.2, 0) is 5.60 Å². The van der Waals surface area contributed by atoms with Crippen molar-refractivity contribution in [2.45, 2.75) is 19.4 Å². The van der Waals surface area contributed by atoms with Crippen LogP contribution in [0.3, 0.4) is 0 Å². The molecule has 17 heavy (non-hydrogen) atoms. The van der Waals surface area contributed by atoms with Gasteiger partial charge < -0.3 is 15.2 Å². The Kier molecular flexibility index (Phi) is 3.40. The van der Waals surface area contributed by atoms with Crippen molar-refractivity contribution < 1.29 is 9.84 Å². The van der Waals surface area contributed by atoms with Crippen LogP contribution in [0.1, 0.15) is 19.4 Å². The highest BCUT2D eigenvalue weighted by molar-refractivity contribution is 5.32. The first-order valence-corrected chi connectivity index (χ1v) is 6.16. The minimum Gasteiger partial charge on any atom is -0.497 e. The van der Waals surface area contributed by atoms with Gasteiger partial charge in [-0.15, -0.1) is 0 Å². The third kappa shape index (κ3) is 2.05. The molecule has 1 aromatic carbocycles. The van der Waals surface area contributed by atoms with Gasteiger partial charge in [-0.3, -0.25) is 0 Å². The second-order valence-electron chi connectivity index (χ2n) is 5.01. The van der Waals surface area contributed by atoms with E-state index in [0.717, 1.165) is 24.4 Å². The summed E-state index contributed by atoms with van der Waals surface area (Å²) in [5.41, 5.74) is 0.247. The molecule has 0 saturated carbocycles. The van der Waals surface area contributed by atoms with Gasteiger partial charge >= 0.3 is 0 Å². The van der Waals surface area contributed by atoms with Gasteiger partial charge in [-0.2, -0.15) is 0 Å². The number of hydrogen-bond acceptors (Lipinski definition) is 3. The third-order valence-electron chi connectivity index (χ3n) is 3.96. The van der Waals surface area contributed by atoms with E-state index in [1.807, 2.05) is 24.3 Å². The van der Waals surface area contributed by atoms with Crippen LogP contribution in [-0.4, -0.2) is 25.3 Å². The molecule has 3 nitrogen and oxygen atoms in total. The summed E-state index contributed by atoms with van der Waals surface area (Å²) < 4.78 is 5.15. The molecule has 1 aliphatic heterocycles. The summed E-state index contributed by atoms with van der Waals surface area (Å²) in [5, 5.41) is 14.3. The van der Waals surface area contributed by atoms with E-state index in [-0.39, 0.29) is 11.8 Å². The minimum absolute atomic E-state index is 0.208. The predicted octanol–water partition coefficient (Wildman–Crippen LogP) is 1.76. The summed E-state index contributed by atoms with van der Waals surface area (Å²) in [6.45, 7) is 5.89. The Labute approximate surface area is 103 Å². The van der Waals surface area contributed by atoms with Gasteiger partial charge in [0, 0.05) is 24.9 Å².